The molecule has 0 amide bonds. The number of aromatic nitrogens is 3. The fraction of sp³-hybridized carbons (Fsp3) is 0.222. The number of para-hydroxylation sites is 2. The average molecular weight is 361 g/mol. The molecule has 0 spiro atoms. The smallest absolute Gasteiger partial charge is 0.160 e. The third kappa shape index (κ3) is 2.81. The molecular formula is C18H18Cl2N4. The summed E-state index contributed by atoms with van der Waals surface area (Å²) in [6.45, 7) is 2.84. The number of halogens is 2. The predicted molar refractivity (Wildman–Crippen MR) is 103 cm³/mol. The second-order valence-corrected chi connectivity index (χ2v) is 6.26. The lowest BCUT2D eigenvalue weighted by Gasteiger charge is -2.04. The molecular weight excluding hydrogens is 343 g/mol. The maximum absolute atomic E-state index is 6.39. The van der Waals surface area contributed by atoms with Gasteiger partial charge in [-0.3, -0.25) is 0 Å². The number of aryl methyl sites for hydroxylation is 1. The van der Waals surface area contributed by atoms with E-state index in [-0.39, 0.29) is 0 Å². The Morgan fingerprint density at radius 3 is 2.29 bits per heavy atom. The van der Waals surface area contributed by atoms with Gasteiger partial charge < -0.3 is 9.88 Å². The number of nitrogens with one attached hydrogen (secondary N) is 1. The molecule has 2 heterocycles. The summed E-state index contributed by atoms with van der Waals surface area (Å²) >= 11 is 12.5. The minimum absolute atomic E-state index is 0.609. The first-order chi connectivity index (χ1) is 11.6. The zero-order chi connectivity index (χ0) is 17.3. The van der Waals surface area contributed by atoms with Crippen LogP contribution < -0.4 is 5.32 Å². The molecule has 0 saturated heterocycles. The van der Waals surface area contributed by atoms with E-state index in [2.05, 4.69) is 16.8 Å². The van der Waals surface area contributed by atoms with Gasteiger partial charge >= 0.3 is 0 Å². The van der Waals surface area contributed by atoms with Gasteiger partial charge in [-0.25, -0.2) is 9.97 Å². The molecule has 0 bridgehead atoms. The second-order valence-electron chi connectivity index (χ2n) is 5.41. The highest BCUT2D eigenvalue weighted by Gasteiger charge is 2.16. The molecule has 0 atom stereocenters. The van der Waals surface area contributed by atoms with Crippen LogP contribution in [0.15, 0.2) is 36.4 Å². The van der Waals surface area contributed by atoms with Gasteiger partial charge in [-0.1, -0.05) is 35.3 Å². The van der Waals surface area contributed by atoms with Crippen LogP contribution in [0.4, 0.5) is 0 Å². The van der Waals surface area contributed by atoms with E-state index in [1.807, 2.05) is 44.4 Å². The molecule has 0 fully saturated rings. The highest BCUT2D eigenvalue weighted by molar-refractivity contribution is 6.39. The molecule has 6 heteroatoms. The fourth-order valence-electron chi connectivity index (χ4n) is 2.79. The largest absolute Gasteiger partial charge is 0.323 e. The van der Waals surface area contributed by atoms with Gasteiger partial charge in [0, 0.05) is 17.0 Å². The van der Waals surface area contributed by atoms with E-state index >= 15 is 0 Å². The van der Waals surface area contributed by atoms with E-state index in [1.165, 1.54) is 0 Å². The molecule has 4 rings (SSSR count). The molecule has 2 aromatic carbocycles. The molecule has 24 heavy (non-hydrogen) atoms. The summed E-state index contributed by atoms with van der Waals surface area (Å²) in [6.07, 6.45) is 0. The van der Waals surface area contributed by atoms with Crippen molar-refractivity contribution in [2.75, 3.05) is 14.1 Å². The first-order valence-corrected chi connectivity index (χ1v) is 8.48. The lowest BCUT2D eigenvalue weighted by Crippen LogP contribution is -1.96. The normalized spacial score (nSPS) is 11.0. The van der Waals surface area contributed by atoms with Crippen molar-refractivity contribution in [1.82, 2.24) is 19.9 Å². The summed E-state index contributed by atoms with van der Waals surface area (Å²) in [5, 5.41) is 4.93. The van der Waals surface area contributed by atoms with Gasteiger partial charge in [0.1, 0.15) is 5.52 Å². The number of hydrogen-bond donors (Lipinski definition) is 1. The van der Waals surface area contributed by atoms with Gasteiger partial charge in [-0.2, -0.15) is 0 Å². The van der Waals surface area contributed by atoms with Crippen molar-refractivity contribution in [1.29, 1.82) is 0 Å². The SMILES string of the molecule is CCn1c2nc3ccccc3nc2c2cc(Cl)cc(Cl)c21.CNC. The summed E-state index contributed by atoms with van der Waals surface area (Å²) in [6, 6.07) is 11.5. The third-order valence-electron chi connectivity index (χ3n) is 3.68. The van der Waals surface area contributed by atoms with Crippen LogP contribution in [0.3, 0.4) is 0 Å². The predicted octanol–water partition coefficient (Wildman–Crippen LogP) is 4.90. The monoisotopic (exact) mass is 360 g/mol. The van der Waals surface area contributed by atoms with Crippen LogP contribution >= 0.6 is 23.2 Å². The zero-order valence-electron chi connectivity index (χ0n) is 13.8. The quantitative estimate of drug-likeness (QED) is 0.524. The second kappa shape index (κ2) is 6.93. The molecule has 4 aromatic rings. The Labute approximate surface area is 150 Å². The summed E-state index contributed by atoms with van der Waals surface area (Å²) in [5.41, 5.74) is 4.38. The van der Waals surface area contributed by atoms with E-state index in [1.54, 1.807) is 6.07 Å². The average Bonchev–Trinajstić information content (AvgIpc) is 2.86. The van der Waals surface area contributed by atoms with Crippen LogP contribution in [0.5, 0.6) is 0 Å². The Balaban J connectivity index is 0.000000526. The lowest BCUT2D eigenvalue weighted by molar-refractivity contribution is 0.817. The highest BCUT2D eigenvalue weighted by atomic mass is 35.5. The molecule has 0 unspecified atom stereocenters. The topological polar surface area (TPSA) is 42.7 Å². The Morgan fingerprint density at radius 1 is 1.04 bits per heavy atom. The summed E-state index contributed by atoms with van der Waals surface area (Å²) in [5.74, 6) is 0. The summed E-state index contributed by atoms with van der Waals surface area (Å²) in [4.78, 5) is 9.51. The highest BCUT2D eigenvalue weighted by Crippen LogP contribution is 2.35. The third-order valence-corrected chi connectivity index (χ3v) is 4.18. The van der Waals surface area contributed by atoms with Crippen LogP contribution in [-0.4, -0.2) is 28.6 Å². The molecule has 124 valence electrons. The van der Waals surface area contributed by atoms with Gasteiger partial charge in [0.15, 0.2) is 5.65 Å². The molecule has 0 aliphatic carbocycles. The minimum atomic E-state index is 0.609. The Kier molecular flexibility index (Phi) is 4.90. The summed E-state index contributed by atoms with van der Waals surface area (Å²) < 4.78 is 2.09. The van der Waals surface area contributed by atoms with Crippen LogP contribution in [-0.2, 0) is 6.54 Å². The maximum atomic E-state index is 6.39. The van der Waals surface area contributed by atoms with E-state index in [4.69, 9.17) is 33.2 Å². The number of nitrogens with zero attached hydrogens (tertiary/aromatic N) is 3. The van der Waals surface area contributed by atoms with Crippen molar-refractivity contribution >= 4 is 56.3 Å². The Morgan fingerprint density at radius 2 is 1.67 bits per heavy atom. The molecule has 0 aliphatic rings. The van der Waals surface area contributed by atoms with Crippen molar-refractivity contribution in [3.63, 3.8) is 0 Å². The van der Waals surface area contributed by atoms with Crippen molar-refractivity contribution in [3.8, 4) is 0 Å². The van der Waals surface area contributed by atoms with Gasteiger partial charge in [-0.15, -0.1) is 0 Å². The van der Waals surface area contributed by atoms with Crippen LogP contribution in [0, 0.1) is 0 Å². The minimum Gasteiger partial charge on any atom is -0.323 e. The lowest BCUT2D eigenvalue weighted by atomic mass is 10.2. The Hall–Kier alpha value is -1.88. The molecule has 1 N–H and O–H groups in total. The van der Waals surface area contributed by atoms with Crippen molar-refractivity contribution in [2.24, 2.45) is 0 Å². The van der Waals surface area contributed by atoms with E-state index in [0.29, 0.717) is 10.0 Å². The summed E-state index contributed by atoms with van der Waals surface area (Å²) in [7, 11) is 3.75. The molecule has 2 aromatic heterocycles. The first-order valence-electron chi connectivity index (χ1n) is 7.72. The fourth-order valence-corrected chi connectivity index (χ4v) is 3.39. The zero-order valence-corrected chi connectivity index (χ0v) is 15.3. The van der Waals surface area contributed by atoms with Gasteiger partial charge in [0.25, 0.3) is 0 Å². The van der Waals surface area contributed by atoms with E-state index < -0.39 is 0 Å². The van der Waals surface area contributed by atoms with Crippen molar-refractivity contribution < 1.29 is 0 Å². The van der Waals surface area contributed by atoms with Crippen molar-refractivity contribution in [2.45, 2.75) is 13.5 Å². The van der Waals surface area contributed by atoms with Crippen LogP contribution in [0.25, 0.3) is 33.1 Å². The Bertz CT molecular complexity index is 1020. The van der Waals surface area contributed by atoms with Crippen molar-refractivity contribution in [3.05, 3.63) is 46.4 Å². The van der Waals surface area contributed by atoms with Crippen LogP contribution in [0.2, 0.25) is 10.0 Å². The first kappa shape index (κ1) is 17.0. The van der Waals surface area contributed by atoms with Crippen LogP contribution in [0.1, 0.15) is 6.92 Å². The molecule has 0 saturated carbocycles. The van der Waals surface area contributed by atoms with Gasteiger partial charge in [0.05, 0.1) is 21.6 Å². The maximum Gasteiger partial charge on any atom is 0.160 e. The number of benzene rings is 2. The number of hydrogen-bond acceptors (Lipinski definition) is 3. The van der Waals surface area contributed by atoms with E-state index in [9.17, 15) is 0 Å². The number of rotatable bonds is 1. The van der Waals surface area contributed by atoms with Gasteiger partial charge in [0.2, 0.25) is 0 Å². The number of fused-ring (bicyclic) bond motifs is 4. The molecule has 4 nitrogen and oxygen atoms in total. The van der Waals surface area contributed by atoms with Gasteiger partial charge in [-0.05, 0) is 45.3 Å². The molecule has 0 aliphatic heterocycles. The van der Waals surface area contributed by atoms with E-state index in [0.717, 1.165) is 39.6 Å². The standard InChI is InChI=1S/C16H11Cl2N3.C2H7N/c1-2-21-15-10(7-9(17)8-11(15)18)14-16(21)20-13-6-4-3-5-12(13)19-14;1-3-2/h3-8H,2H2,1H3;3H,1-2H3. The molecule has 0 radical (unpaired) electrons.